The highest BCUT2D eigenvalue weighted by atomic mass is 32.1. The number of aromatic amines is 1. The minimum Gasteiger partial charge on any atom is -0.486 e. The van der Waals surface area contributed by atoms with Gasteiger partial charge in [0.25, 0.3) is 5.91 Å². The fourth-order valence-corrected chi connectivity index (χ4v) is 2.86. The maximum absolute atomic E-state index is 11.9. The third-order valence-corrected chi connectivity index (χ3v) is 4.35. The molecule has 8 heteroatoms. The van der Waals surface area contributed by atoms with Crippen molar-refractivity contribution in [1.29, 1.82) is 0 Å². The van der Waals surface area contributed by atoms with E-state index in [-0.39, 0.29) is 12.3 Å². The van der Waals surface area contributed by atoms with Crippen molar-refractivity contribution in [3.8, 4) is 5.75 Å². The zero-order chi connectivity index (χ0) is 18.4. The fourth-order valence-electron chi connectivity index (χ4n) is 2.15. The van der Waals surface area contributed by atoms with Gasteiger partial charge in [0.05, 0.1) is 12.1 Å². The van der Waals surface area contributed by atoms with Gasteiger partial charge in [-0.15, -0.1) is 11.3 Å². The molecule has 0 aliphatic heterocycles. The Morgan fingerprint density at radius 1 is 1.19 bits per heavy atom. The highest BCUT2D eigenvalue weighted by Gasteiger charge is 2.10. The van der Waals surface area contributed by atoms with Crippen LogP contribution in [0.25, 0.3) is 0 Å². The second-order valence-corrected chi connectivity index (χ2v) is 6.54. The van der Waals surface area contributed by atoms with E-state index in [9.17, 15) is 9.59 Å². The van der Waals surface area contributed by atoms with Crippen molar-refractivity contribution in [2.75, 3.05) is 0 Å². The van der Waals surface area contributed by atoms with Gasteiger partial charge in [0, 0.05) is 11.6 Å². The molecule has 0 bridgehead atoms. The topological polar surface area (TPSA) is 96.1 Å². The van der Waals surface area contributed by atoms with Crippen LogP contribution in [0.4, 0.5) is 0 Å². The molecule has 0 aliphatic carbocycles. The molecule has 0 spiro atoms. The number of hydrazine groups is 1. The lowest BCUT2D eigenvalue weighted by molar-refractivity contribution is -0.121. The lowest BCUT2D eigenvalue weighted by Gasteiger charge is -2.05. The first-order valence-corrected chi connectivity index (χ1v) is 8.83. The Balaban J connectivity index is 1.44. The number of carbonyl (C=O) groups excluding carboxylic acids is 2. The van der Waals surface area contributed by atoms with Crippen molar-refractivity contribution < 1.29 is 14.3 Å². The SMILES string of the molecule is Cc1ccc(OCc2nc(CC(=O)NNC(=O)c3ccc[nH]3)cs2)cc1. The Hall–Kier alpha value is -3.13. The molecule has 0 aliphatic rings. The second-order valence-electron chi connectivity index (χ2n) is 5.60. The maximum Gasteiger partial charge on any atom is 0.286 e. The zero-order valence-electron chi connectivity index (χ0n) is 14.1. The summed E-state index contributed by atoms with van der Waals surface area (Å²) in [6.07, 6.45) is 1.71. The summed E-state index contributed by atoms with van der Waals surface area (Å²) in [5.41, 5.74) is 6.88. The molecule has 0 saturated carbocycles. The molecule has 0 unspecified atom stereocenters. The summed E-state index contributed by atoms with van der Waals surface area (Å²) >= 11 is 1.43. The van der Waals surface area contributed by atoms with Gasteiger partial charge in [-0.1, -0.05) is 17.7 Å². The van der Waals surface area contributed by atoms with E-state index >= 15 is 0 Å². The minimum absolute atomic E-state index is 0.0754. The number of thiazole rings is 1. The molecule has 134 valence electrons. The average molecular weight is 370 g/mol. The number of H-pyrrole nitrogens is 1. The largest absolute Gasteiger partial charge is 0.486 e. The van der Waals surface area contributed by atoms with Gasteiger partial charge in [-0.25, -0.2) is 4.98 Å². The summed E-state index contributed by atoms with van der Waals surface area (Å²) in [6, 6.07) is 11.1. The molecule has 0 atom stereocenters. The van der Waals surface area contributed by atoms with Crippen molar-refractivity contribution in [3.63, 3.8) is 0 Å². The molecule has 2 aromatic heterocycles. The smallest absolute Gasteiger partial charge is 0.286 e. The Labute approximate surface area is 154 Å². The van der Waals surface area contributed by atoms with E-state index in [0.717, 1.165) is 10.8 Å². The molecule has 7 nitrogen and oxygen atoms in total. The lowest BCUT2D eigenvalue weighted by Crippen LogP contribution is -2.42. The van der Waals surface area contributed by atoms with Crippen molar-refractivity contribution in [3.05, 3.63) is 69.9 Å². The van der Waals surface area contributed by atoms with Crippen LogP contribution >= 0.6 is 11.3 Å². The van der Waals surface area contributed by atoms with E-state index in [1.54, 1.807) is 23.7 Å². The Bertz CT molecular complexity index is 872. The molecular weight excluding hydrogens is 352 g/mol. The number of carbonyl (C=O) groups is 2. The standard InChI is InChI=1S/C18H18N4O3S/c1-12-4-6-14(7-5-12)25-10-17-20-13(11-26-17)9-16(23)21-22-18(24)15-3-2-8-19-15/h2-8,11,19H,9-10H2,1H3,(H,21,23)(H,22,24). The lowest BCUT2D eigenvalue weighted by atomic mass is 10.2. The van der Waals surface area contributed by atoms with Gasteiger partial charge >= 0.3 is 0 Å². The molecule has 0 fully saturated rings. The molecular formula is C18H18N4O3S. The summed E-state index contributed by atoms with van der Waals surface area (Å²) in [4.78, 5) is 30.8. The molecule has 26 heavy (non-hydrogen) atoms. The molecule has 3 aromatic rings. The van der Waals surface area contributed by atoms with E-state index in [2.05, 4.69) is 20.8 Å². The number of ether oxygens (including phenoxy) is 1. The summed E-state index contributed by atoms with van der Waals surface area (Å²) in [6.45, 7) is 2.36. The minimum atomic E-state index is -0.409. The van der Waals surface area contributed by atoms with Gasteiger partial charge in [0.15, 0.2) is 0 Å². The van der Waals surface area contributed by atoms with Crippen molar-refractivity contribution in [1.82, 2.24) is 20.8 Å². The van der Waals surface area contributed by atoms with E-state index < -0.39 is 5.91 Å². The number of rotatable bonds is 6. The van der Waals surface area contributed by atoms with Crippen LogP contribution in [0.15, 0.2) is 48.0 Å². The maximum atomic E-state index is 11.9. The molecule has 3 rings (SSSR count). The number of nitrogens with one attached hydrogen (secondary N) is 3. The van der Waals surface area contributed by atoms with Gasteiger partial charge in [0.2, 0.25) is 5.91 Å². The quantitative estimate of drug-likeness (QED) is 0.581. The summed E-state index contributed by atoms with van der Waals surface area (Å²) in [5.74, 6) is 0.0205. The van der Waals surface area contributed by atoms with Crippen LogP contribution in [0.2, 0.25) is 0 Å². The van der Waals surface area contributed by atoms with Crippen LogP contribution in [-0.2, 0) is 17.8 Å². The summed E-state index contributed by atoms with van der Waals surface area (Å²) in [5, 5.41) is 2.59. The van der Waals surface area contributed by atoms with Crippen LogP contribution in [0.3, 0.4) is 0 Å². The number of aryl methyl sites for hydroxylation is 1. The number of hydrogen-bond acceptors (Lipinski definition) is 5. The predicted molar refractivity (Wildman–Crippen MR) is 97.7 cm³/mol. The van der Waals surface area contributed by atoms with Crippen LogP contribution in [0.1, 0.15) is 26.8 Å². The molecule has 2 amide bonds. The molecule has 3 N–H and O–H groups in total. The Kier molecular flexibility index (Phi) is 5.65. The highest BCUT2D eigenvalue weighted by Crippen LogP contribution is 2.16. The third-order valence-electron chi connectivity index (χ3n) is 3.48. The number of amides is 2. The van der Waals surface area contributed by atoms with Gasteiger partial charge in [-0.3, -0.25) is 20.4 Å². The third kappa shape index (κ3) is 4.93. The zero-order valence-corrected chi connectivity index (χ0v) is 14.9. The Morgan fingerprint density at radius 2 is 2.00 bits per heavy atom. The summed E-state index contributed by atoms with van der Waals surface area (Å²) < 4.78 is 5.67. The Morgan fingerprint density at radius 3 is 2.73 bits per heavy atom. The van der Waals surface area contributed by atoms with Gasteiger partial charge in [0.1, 0.15) is 23.1 Å². The van der Waals surface area contributed by atoms with Crippen molar-refractivity contribution >= 4 is 23.2 Å². The van der Waals surface area contributed by atoms with Crippen LogP contribution < -0.4 is 15.6 Å². The first kappa shape index (κ1) is 17.7. The number of benzene rings is 1. The number of hydrogen-bond donors (Lipinski definition) is 3. The van der Waals surface area contributed by atoms with Crippen molar-refractivity contribution in [2.24, 2.45) is 0 Å². The van der Waals surface area contributed by atoms with E-state index in [1.165, 1.54) is 16.9 Å². The van der Waals surface area contributed by atoms with E-state index in [1.807, 2.05) is 31.2 Å². The highest BCUT2D eigenvalue weighted by molar-refractivity contribution is 7.09. The van der Waals surface area contributed by atoms with E-state index in [0.29, 0.717) is 18.0 Å². The van der Waals surface area contributed by atoms with Crippen molar-refractivity contribution in [2.45, 2.75) is 20.0 Å². The first-order valence-electron chi connectivity index (χ1n) is 7.95. The summed E-state index contributed by atoms with van der Waals surface area (Å²) in [7, 11) is 0. The normalized spacial score (nSPS) is 10.3. The first-order chi connectivity index (χ1) is 12.6. The fraction of sp³-hybridized carbons (Fsp3) is 0.167. The second kappa shape index (κ2) is 8.30. The molecule has 1 aromatic carbocycles. The average Bonchev–Trinajstić information content (AvgIpc) is 3.31. The van der Waals surface area contributed by atoms with Gasteiger partial charge < -0.3 is 9.72 Å². The molecule has 0 saturated heterocycles. The van der Waals surface area contributed by atoms with E-state index in [4.69, 9.17) is 4.74 Å². The van der Waals surface area contributed by atoms with Gasteiger partial charge in [-0.05, 0) is 31.2 Å². The predicted octanol–water partition coefficient (Wildman–Crippen LogP) is 2.36. The number of nitrogens with zero attached hydrogens (tertiary/aromatic N) is 1. The monoisotopic (exact) mass is 370 g/mol. The molecule has 2 heterocycles. The van der Waals surface area contributed by atoms with Crippen LogP contribution in [0.5, 0.6) is 5.75 Å². The number of aromatic nitrogens is 2. The van der Waals surface area contributed by atoms with Crippen LogP contribution in [0, 0.1) is 6.92 Å². The van der Waals surface area contributed by atoms with Gasteiger partial charge in [-0.2, -0.15) is 0 Å². The molecule has 0 radical (unpaired) electrons. The van der Waals surface area contributed by atoms with Crippen LogP contribution in [-0.4, -0.2) is 21.8 Å².